The molecular formula is C20H23N5O4. The van der Waals surface area contributed by atoms with E-state index in [-0.39, 0.29) is 18.7 Å². The second-order valence-corrected chi connectivity index (χ2v) is 7.47. The van der Waals surface area contributed by atoms with Crippen molar-refractivity contribution in [3.05, 3.63) is 23.9 Å². The first-order valence-corrected chi connectivity index (χ1v) is 9.75. The molecule has 0 radical (unpaired) electrons. The monoisotopic (exact) mass is 397 g/mol. The lowest BCUT2D eigenvalue weighted by atomic mass is 10.1. The Morgan fingerprint density at radius 2 is 1.93 bits per heavy atom. The summed E-state index contributed by atoms with van der Waals surface area (Å²) in [7, 11) is 1.76. The van der Waals surface area contributed by atoms with Crippen molar-refractivity contribution in [3.63, 3.8) is 0 Å². The van der Waals surface area contributed by atoms with Crippen LogP contribution in [0.2, 0.25) is 0 Å². The Balaban J connectivity index is 1.48. The smallest absolute Gasteiger partial charge is 0.246 e. The van der Waals surface area contributed by atoms with Gasteiger partial charge in [-0.25, -0.2) is 4.98 Å². The largest absolute Gasteiger partial charge is 0.454 e. The Labute approximate surface area is 168 Å². The lowest BCUT2D eigenvalue weighted by Gasteiger charge is -2.40. The first kappa shape index (κ1) is 18.0. The number of hydrogen-bond donors (Lipinski definition) is 1. The number of aryl methyl sites for hydroxylation is 1. The van der Waals surface area contributed by atoms with E-state index in [1.54, 1.807) is 18.1 Å². The van der Waals surface area contributed by atoms with Gasteiger partial charge in [0.25, 0.3) is 0 Å². The van der Waals surface area contributed by atoms with Crippen molar-refractivity contribution in [2.75, 3.05) is 48.7 Å². The van der Waals surface area contributed by atoms with Crippen molar-refractivity contribution in [3.8, 4) is 11.5 Å². The third-order valence-electron chi connectivity index (χ3n) is 5.66. The molecule has 1 saturated heterocycles. The zero-order valence-electron chi connectivity index (χ0n) is 16.5. The fourth-order valence-corrected chi connectivity index (χ4v) is 3.93. The number of likely N-dealkylation sites (N-methyl/N-ethyl adjacent to an activating group) is 1. The molecule has 9 heteroatoms. The van der Waals surface area contributed by atoms with Crippen molar-refractivity contribution in [2.45, 2.75) is 25.8 Å². The average Bonchev–Trinajstić information content (AvgIpc) is 3.18. The third-order valence-corrected chi connectivity index (χ3v) is 5.66. The molecule has 1 amide bonds. The van der Waals surface area contributed by atoms with Gasteiger partial charge in [-0.15, -0.1) is 0 Å². The van der Waals surface area contributed by atoms with Crippen molar-refractivity contribution < 1.29 is 19.0 Å². The fourth-order valence-electron chi connectivity index (χ4n) is 3.93. The van der Waals surface area contributed by atoms with E-state index < -0.39 is 0 Å². The Morgan fingerprint density at radius 1 is 1.17 bits per heavy atom. The maximum Gasteiger partial charge on any atom is 0.246 e. The lowest BCUT2D eigenvalue weighted by molar-refractivity contribution is -0.117. The van der Waals surface area contributed by atoms with Crippen LogP contribution < -0.4 is 24.6 Å². The van der Waals surface area contributed by atoms with Gasteiger partial charge in [0.15, 0.2) is 17.3 Å². The van der Waals surface area contributed by atoms with E-state index in [1.807, 2.05) is 19.1 Å². The number of carbonyl (C=O) groups excluding carboxylic acids is 1. The van der Waals surface area contributed by atoms with E-state index >= 15 is 0 Å². The summed E-state index contributed by atoms with van der Waals surface area (Å²) in [5, 5.41) is 3.29. The number of fused-ring (bicyclic) bond motifs is 2. The van der Waals surface area contributed by atoms with Gasteiger partial charge in [0, 0.05) is 38.1 Å². The van der Waals surface area contributed by atoms with E-state index in [9.17, 15) is 4.79 Å². The van der Waals surface area contributed by atoms with Crippen molar-refractivity contribution in [2.24, 2.45) is 0 Å². The van der Waals surface area contributed by atoms with Crippen LogP contribution in [-0.4, -0.2) is 55.5 Å². The van der Waals surface area contributed by atoms with Crippen LogP contribution in [0.4, 0.5) is 23.1 Å². The van der Waals surface area contributed by atoms with Crippen LogP contribution in [0.1, 0.15) is 18.4 Å². The highest BCUT2D eigenvalue weighted by molar-refractivity contribution is 6.02. The van der Waals surface area contributed by atoms with E-state index in [1.165, 1.54) is 0 Å². The predicted molar refractivity (Wildman–Crippen MR) is 107 cm³/mol. The molecule has 0 atom stereocenters. The van der Waals surface area contributed by atoms with E-state index in [0.717, 1.165) is 41.3 Å². The Kier molecular flexibility index (Phi) is 4.39. The number of rotatable bonds is 3. The van der Waals surface area contributed by atoms with Crippen LogP contribution in [0.25, 0.3) is 0 Å². The number of amides is 1. The standard InChI is InChI=1S/C20H23N5O4/c1-12-7-16-17(29-11-28-16)8-14(12)22-20-21-9-15-19(23-20)25(10-18(26)24(15)2)13-3-5-27-6-4-13/h7-9,13H,3-6,10-11H2,1-2H3,(H,21,22,23). The van der Waals surface area contributed by atoms with Crippen LogP contribution in [-0.2, 0) is 9.53 Å². The number of hydrogen-bond acceptors (Lipinski definition) is 8. The summed E-state index contributed by atoms with van der Waals surface area (Å²) in [6.45, 7) is 3.94. The summed E-state index contributed by atoms with van der Waals surface area (Å²) in [4.78, 5) is 25.4. The number of anilines is 4. The molecule has 152 valence electrons. The second-order valence-electron chi connectivity index (χ2n) is 7.47. The minimum absolute atomic E-state index is 0.0416. The summed E-state index contributed by atoms with van der Waals surface area (Å²) >= 11 is 0. The number of carbonyl (C=O) groups is 1. The number of nitrogens with zero attached hydrogens (tertiary/aromatic N) is 4. The third kappa shape index (κ3) is 3.21. The summed E-state index contributed by atoms with van der Waals surface area (Å²) in [6, 6.07) is 4.06. The molecule has 29 heavy (non-hydrogen) atoms. The predicted octanol–water partition coefficient (Wildman–Crippen LogP) is 2.22. The van der Waals surface area contributed by atoms with Crippen LogP contribution >= 0.6 is 0 Å². The zero-order chi connectivity index (χ0) is 20.0. The molecule has 0 unspecified atom stereocenters. The van der Waals surface area contributed by atoms with Gasteiger partial charge in [-0.3, -0.25) is 4.79 Å². The van der Waals surface area contributed by atoms with Crippen LogP contribution in [0, 0.1) is 6.92 Å². The van der Waals surface area contributed by atoms with Gasteiger partial charge in [-0.1, -0.05) is 0 Å². The minimum atomic E-state index is 0.0416. The van der Waals surface area contributed by atoms with Crippen molar-refractivity contribution in [1.29, 1.82) is 0 Å². The van der Waals surface area contributed by atoms with Crippen LogP contribution in [0.15, 0.2) is 18.3 Å². The Bertz CT molecular complexity index is 960. The van der Waals surface area contributed by atoms with Gasteiger partial charge in [0.05, 0.1) is 12.7 Å². The summed E-state index contributed by atoms with van der Waals surface area (Å²) < 4.78 is 16.4. The molecule has 3 aliphatic heterocycles. The maximum atomic E-state index is 12.5. The molecule has 1 aromatic heterocycles. The van der Waals surface area contributed by atoms with E-state index in [4.69, 9.17) is 19.2 Å². The normalized spacial score (nSPS) is 18.8. The summed E-state index contributed by atoms with van der Waals surface area (Å²) in [6.07, 6.45) is 3.46. The first-order valence-electron chi connectivity index (χ1n) is 9.75. The molecule has 3 aliphatic rings. The molecule has 1 N–H and O–H groups in total. The highest BCUT2D eigenvalue weighted by Crippen LogP contribution is 2.38. The van der Waals surface area contributed by atoms with Crippen LogP contribution in [0.5, 0.6) is 11.5 Å². The number of benzene rings is 1. The molecule has 4 heterocycles. The summed E-state index contributed by atoms with van der Waals surface area (Å²) in [5.74, 6) is 2.73. The Morgan fingerprint density at radius 3 is 2.72 bits per heavy atom. The molecule has 0 aliphatic carbocycles. The molecule has 2 aromatic rings. The maximum absolute atomic E-state index is 12.5. The van der Waals surface area contributed by atoms with Crippen molar-refractivity contribution in [1.82, 2.24) is 9.97 Å². The second kappa shape index (κ2) is 7.07. The molecule has 0 spiro atoms. The van der Waals surface area contributed by atoms with Gasteiger partial charge in [0.2, 0.25) is 18.6 Å². The summed E-state index contributed by atoms with van der Waals surface area (Å²) in [5.41, 5.74) is 2.58. The van der Waals surface area contributed by atoms with Crippen LogP contribution in [0.3, 0.4) is 0 Å². The number of ether oxygens (including phenoxy) is 3. The van der Waals surface area contributed by atoms with Gasteiger partial charge < -0.3 is 29.3 Å². The molecule has 0 saturated carbocycles. The average molecular weight is 397 g/mol. The highest BCUT2D eigenvalue weighted by atomic mass is 16.7. The van der Waals surface area contributed by atoms with E-state index in [2.05, 4.69) is 15.2 Å². The van der Waals surface area contributed by atoms with Crippen molar-refractivity contribution >= 4 is 29.0 Å². The molecule has 5 rings (SSSR count). The van der Waals surface area contributed by atoms with E-state index in [0.29, 0.717) is 31.5 Å². The molecule has 9 nitrogen and oxygen atoms in total. The Hall–Kier alpha value is -3.07. The molecule has 1 fully saturated rings. The highest BCUT2D eigenvalue weighted by Gasteiger charge is 2.34. The zero-order valence-corrected chi connectivity index (χ0v) is 16.5. The van der Waals surface area contributed by atoms with Gasteiger partial charge in [0.1, 0.15) is 5.69 Å². The van der Waals surface area contributed by atoms with Gasteiger partial charge >= 0.3 is 0 Å². The quantitative estimate of drug-likeness (QED) is 0.843. The topological polar surface area (TPSA) is 89.0 Å². The first-order chi connectivity index (χ1) is 14.1. The number of nitrogens with one attached hydrogen (secondary N) is 1. The number of aromatic nitrogens is 2. The molecule has 0 bridgehead atoms. The SMILES string of the molecule is Cc1cc2c(cc1Nc1ncc3c(n1)N(C1CCOCC1)CC(=O)N3C)OCO2. The molecule has 1 aromatic carbocycles. The van der Waals surface area contributed by atoms with Gasteiger partial charge in [-0.05, 0) is 31.4 Å². The lowest BCUT2D eigenvalue weighted by Crippen LogP contribution is -2.50. The minimum Gasteiger partial charge on any atom is -0.454 e. The molecular weight excluding hydrogens is 374 g/mol. The fraction of sp³-hybridized carbons (Fsp3) is 0.450. The van der Waals surface area contributed by atoms with Gasteiger partial charge in [-0.2, -0.15) is 4.98 Å².